The summed E-state index contributed by atoms with van der Waals surface area (Å²) in [6.45, 7) is 3.97. The van der Waals surface area contributed by atoms with E-state index in [-0.39, 0.29) is 11.5 Å². The minimum absolute atomic E-state index is 0.235. The standard InChI is InChI=1S/C11H21NO3S/c1-2-16(14,15)7-3-6-12-8-11(13,9-12)10-4-5-10/h10,13H,2-9H2,1H3. The third-order valence-corrected chi connectivity index (χ3v) is 5.49. The minimum Gasteiger partial charge on any atom is -0.387 e. The zero-order valence-corrected chi connectivity index (χ0v) is 10.7. The topological polar surface area (TPSA) is 57.6 Å². The number of β-amino-alcohol motifs (C(OH)–C–C–N with tert-alkyl or cyclic N) is 1. The summed E-state index contributed by atoms with van der Waals surface area (Å²) in [5.74, 6) is 1.03. The van der Waals surface area contributed by atoms with E-state index in [1.807, 2.05) is 0 Å². The van der Waals surface area contributed by atoms with Gasteiger partial charge in [0.05, 0.1) is 11.4 Å². The molecule has 5 heteroatoms. The molecular formula is C11H21NO3S. The molecule has 0 spiro atoms. The van der Waals surface area contributed by atoms with Crippen LogP contribution in [0.15, 0.2) is 0 Å². The van der Waals surface area contributed by atoms with Crippen LogP contribution in [0, 0.1) is 5.92 Å². The third kappa shape index (κ3) is 2.76. The van der Waals surface area contributed by atoms with E-state index in [9.17, 15) is 13.5 Å². The van der Waals surface area contributed by atoms with Gasteiger partial charge in [0.25, 0.3) is 0 Å². The molecule has 2 aliphatic rings. The van der Waals surface area contributed by atoms with Crippen molar-refractivity contribution in [2.45, 2.75) is 31.8 Å². The maximum Gasteiger partial charge on any atom is 0.150 e. The Morgan fingerprint density at radius 3 is 2.50 bits per heavy atom. The van der Waals surface area contributed by atoms with Gasteiger partial charge < -0.3 is 5.11 Å². The highest BCUT2D eigenvalue weighted by Gasteiger charge is 2.51. The van der Waals surface area contributed by atoms with Gasteiger partial charge in [-0.25, -0.2) is 8.42 Å². The smallest absolute Gasteiger partial charge is 0.150 e. The van der Waals surface area contributed by atoms with Gasteiger partial charge in [0.2, 0.25) is 0 Å². The zero-order chi connectivity index (χ0) is 11.8. The Balaban J connectivity index is 1.63. The first kappa shape index (κ1) is 12.3. The molecule has 94 valence electrons. The molecule has 0 bridgehead atoms. The van der Waals surface area contributed by atoms with Gasteiger partial charge in [-0.1, -0.05) is 6.92 Å². The largest absolute Gasteiger partial charge is 0.387 e. The summed E-state index contributed by atoms with van der Waals surface area (Å²) in [6.07, 6.45) is 3.01. The van der Waals surface area contributed by atoms with Crippen molar-refractivity contribution in [3.8, 4) is 0 Å². The predicted octanol–water partition coefficient (Wildman–Crippen LogP) is 0.268. The van der Waals surface area contributed by atoms with Crippen molar-refractivity contribution in [3.63, 3.8) is 0 Å². The zero-order valence-electron chi connectivity index (χ0n) is 9.85. The fourth-order valence-corrected chi connectivity index (χ4v) is 3.28. The van der Waals surface area contributed by atoms with Crippen LogP contribution in [0.25, 0.3) is 0 Å². The summed E-state index contributed by atoms with van der Waals surface area (Å²) in [7, 11) is -2.82. The van der Waals surface area contributed by atoms with Crippen molar-refractivity contribution >= 4 is 9.84 Å². The molecule has 2 fully saturated rings. The molecule has 1 aliphatic carbocycles. The normalized spacial score (nSPS) is 25.4. The van der Waals surface area contributed by atoms with Gasteiger partial charge in [0.15, 0.2) is 0 Å². The molecule has 4 nitrogen and oxygen atoms in total. The van der Waals surface area contributed by atoms with E-state index in [0.29, 0.717) is 12.3 Å². The molecule has 0 aromatic rings. The molecule has 1 heterocycles. The van der Waals surface area contributed by atoms with Crippen LogP contribution in [0.5, 0.6) is 0 Å². The van der Waals surface area contributed by atoms with Gasteiger partial charge in [-0.05, 0) is 31.7 Å². The number of likely N-dealkylation sites (tertiary alicyclic amines) is 1. The Hall–Kier alpha value is -0.130. The lowest BCUT2D eigenvalue weighted by Crippen LogP contribution is -2.63. The summed E-state index contributed by atoms with van der Waals surface area (Å²) in [5.41, 5.74) is -0.441. The van der Waals surface area contributed by atoms with Crippen molar-refractivity contribution < 1.29 is 13.5 Å². The quantitative estimate of drug-likeness (QED) is 0.732. The monoisotopic (exact) mass is 247 g/mol. The maximum atomic E-state index is 11.3. The van der Waals surface area contributed by atoms with E-state index >= 15 is 0 Å². The average Bonchev–Trinajstić information content (AvgIpc) is 2.98. The predicted molar refractivity (Wildman–Crippen MR) is 63.1 cm³/mol. The van der Waals surface area contributed by atoms with Gasteiger partial charge in [0, 0.05) is 18.8 Å². The average molecular weight is 247 g/mol. The lowest BCUT2D eigenvalue weighted by Gasteiger charge is -2.47. The number of hydrogen-bond acceptors (Lipinski definition) is 4. The van der Waals surface area contributed by atoms with Crippen LogP contribution >= 0.6 is 0 Å². The van der Waals surface area contributed by atoms with Crippen molar-refractivity contribution in [3.05, 3.63) is 0 Å². The van der Waals surface area contributed by atoms with Crippen molar-refractivity contribution in [2.24, 2.45) is 5.92 Å². The first-order valence-electron chi connectivity index (χ1n) is 6.10. The molecule has 1 aliphatic heterocycles. The number of aliphatic hydroxyl groups is 1. The SMILES string of the molecule is CCS(=O)(=O)CCCN1CC(O)(C2CC2)C1. The van der Waals surface area contributed by atoms with E-state index in [2.05, 4.69) is 4.90 Å². The minimum atomic E-state index is -2.82. The number of rotatable bonds is 6. The third-order valence-electron chi connectivity index (χ3n) is 3.70. The van der Waals surface area contributed by atoms with E-state index in [4.69, 9.17) is 0 Å². The molecule has 0 atom stereocenters. The molecule has 2 rings (SSSR count). The van der Waals surface area contributed by atoms with E-state index in [1.54, 1.807) is 6.92 Å². The van der Waals surface area contributed by atoms with E-state index in [1.165, 1.54) is 0 Å². The van der Waals surface area contributed by atoms with Crippen molar-refractivity contribution in [1.82, 2.24) is 4.90 Å². The summed E-state index contributed by atoms with van der Waals surface area (Å²) < 4.78 is 22.5. The summed E-state index contributed by atoms with van der Waals surface area (Å²) in [5, 5.41) is 10.1. The molecule has 0 amide bonds. The molecule has 1 saturated heterocycles. The Bertz CT molecular complexity index is 342. The van der Waals surface area contributed by atoms with Crippen molar-refractivity contribution in [1.29, 1.82) is 0 Å². The second kappa shape index (κ2) is 4.27. The number of nitrogens with zero attached hydrogens (tertiary/aromatic N) is 1. The molecule has 0 radical (unpaired) electrons. The Morgan fingerprint density at radius 1 is 1.38 bits per heavy atom. The van der Waals surface area contributed by atoms with Crippen LogP contribution in [0.2, 0.25) is 0 Å². The summed E-state index contributed by atoms with van der Waals surface area (Å²) in [6, 6.07) is 0. The van der Waals surface area contributed by atoms with Gasteiger partial charge in [-0.2, -0.15) is 0 Å². The van der Waals surface area contributed by atoms with Crippen LogP contribution < -0.4 is 0 Å². The second-order valence-electron chi connectivity index (χ2n) is 5.18. The molecule has 0 aromatic carbocycles. The number of sulfone groups is 1. The fourth-order valence-electron chi connectivity index (χ4n) is 2.42. The molecule has 1 N–H and O–H groups in total. The highest BCUT2D eigenvalue weighted by atomic mass is 32.2. The van der Waals surface area contributed by atoms with Crippen molar-refractivity contribution in [2.75, 3.05) is 31.1 Å². The summed E-state index contributed by atoms with van der Waals surface area (Å²) in [4.78, 5) is 2.16. The first-order valence-corrected chi connectivity index (χ1v) is 7.92. The van der Waals surface area contributed by atoms with Crippen LogP contribution in [0.4, 0.5) is 0 Å². The molecular weight excluding hydrogens is 226 g/mol. The van der Waals surface area contributed by atoms with E-state index in [0.717, 1.165) is 32.5 Å². The van der Waals surface area contributed by atoms with Crippen LogP contribution in [-0.4, -0.2) is 55.2 Å². The number of hydrogen-bond donors (Lipinski definition) is 1. The van der Waals surface area contributed by atoms with Gasteiger partial charge in [0.1, 0.15) is 9.84 Å². The van der Waals surface area contributed by atoms with Gasteiger partial charge in [-0.15, -0.1) is 0 Å². The molecule has 16 heavy (non-hydrogen) atoms. The first-order chi connectivity index (χ1) is 7.45. The Morgan fingerprint density at radius 2 is 2.00 bits per heavy atom. The van der Waals surface area contributed by atoms with Gasteiger partial charge in [-0.3, -0.25) is 4.90 Å². The van der Waals surface area contributed by atoms with E-state index < -0.39 is 15.4 Å². The summed E-state index contributed by atoms with van der Waals surface area (Å²) >= 11 is 0. The lowest BCUT2D eigenvalue weighted by molar-refractivity contribution is -0.112. The van der Waals surface area contributed by atoms with Crippen LogP contribution in [0.3, 0.4) is 0 Å². The molecule has 0 aromatic heterocycles. The Labute approximate surface area is 97.6 Å². The highest BCUT2D eigenvalue weighted by molar-refractivity contribution is 7.91. The Kier molecular flexibility index (Phi) is 3.29. The van der Waals surface area contributed by atoms with Crippen LogP contribution in [-0.2, 0) is 9.84 Å². The highest BCUT2D eigenvalue weighted by Crippen LogP contribution is 2.44. The van der Waals surface area contributed by atoms with Crippen LogP contribution in [0.1, 0.15) is 26.2 Å². The second-order valence-corrected chi connectivity index (χ2v) is 7.65. The molecule has 1 saturated carbocycles. The maximum absolute atomic E-state index is 11.3. The lowest BCUT2D eigenvalue weighted by atomic mass is 9.89. The molecule has 0 unspecified atom stereocenters. The fraction of sp³-hybridized carbons (Fsp3) is 1.00. The van der Waals surface area contributed by atoms with Gasteiger partial charge >= 0.3 is 0 Å².